The van der Waals surface area contributed by atoms with Crippen LogP contribution in [-0.2, 0) is 14.6 Å². The Labute approximate surface area is 162 Å². The van der Waals surface area contributed by atoms with Gasteiger partial charge in [0.05, 0.1) is 16.2 Å². The quantitative estimate of drug-likeness (QED) is 0.717. The largest absolute Gasteiger partial charge is 0.378 e. The number of piperidine rings is 1. The number of nitrogens with two attached hydrogens (primary N) is 1. The monoisotopic (exact) mass is 394 g/mol. The molecule has 1 aliphatic heterocycles. The van der Waals surface area contributed by atoms with Crippen LogP contribution in [-0.4, -0.2) is 56.8 Å². The number of rotatable bonds is 7. The van der Waals surface area contributed by atoms with Crippen molar-refractivity contribution in [1.82, 2.24) is 4.90 Å². The predicted molar refractivity (Wildman–Crippen MR) is 104 cm³/mol. The van der Waals surface area contributed by atoms with Gasteiger partial charge in [0.15, 0.2) is 9.84 Å². The third kappa shape index (κ3) is 4.89. The Morgan fingerprint density at radius 1 is 1.07 bits per heavy atom. The van der Waals surface area contributed by atoms with Gasteiger partial charge < -0.3 is 15.4 Å². The third-order valence-electron chi connectivity index (χ3n) is 5.60. The van der Waals surface area contributed by atoms with E-state index in [-0.39, 0.29) is 17.3 Å². The smallest absolute Gasteiger partial charge is 0.253 e. The maximum atomic E-state index is 12.7. The van der Waals surface area contributed by atoms with Crippen LogP contribution in [0.3, 0.4) is 0 Å². The molecule has 3 rings (SSSR count). The van der Waals surface area contributed by atoms with Crippen molar-refractivity contribution in [2.75, 3.05) is 26.2 Å². The first kappa shape index (κ1) is 20.3. The molecule has 1 amide bonds. The van der Waals surface area contributed by atoms with Crippen LogP contribution in [0.1, 0.15) is 55.3 Å². The SMILES string of the molecule is NCCCOC1CCN(C(=O)c2ccc(S(=O)(=O)C3CCCC3)cc2)CC1. The van der Waals surface area contributed by atoms with Crippen molar-refractivity contribution in [3.8, 4) is 0 Å². The van der Waals surface area contributed by atoms with E-state index >= 15 is 0 Å². The first-order valence-electron chi connectivity index (χ1n) is 9.97. The fourth-order valence-corrected chi connectivity index (χ4v) is 5.77. The molecule has 6 nitrogen and oxygen atoms in total. The number of ether oxygens (including phenoxy) is 1. The molecular formula is C20H30N2O4S. The van der Waals surface area contributed by atoms with E-state index in [4.69, 9.17) is 10.5 Å². The van der Waals surface area contributed by atoms with E-state index in [1.807, 2.05) is 4.90 Å². The number of carbonyl (C=O) groups excluding carboxylic acids is 1. The van der Waals surface area contributed by atoms with Crippen LogP contribution >= 0.6 is 0 Å². The summed E-state index contributed by atoms with van der Waals surface area (Å²) in [6.07, 6.45) is 6.14. The molecular weight excluding hydrogens is 364 g/mol. The number of carbonyl (C=O) groups is 1. The molecule has 1 aromatic rings. The van der Waals surface area contributed by atoms with E-state index in [1.54, 1.807) is 24.3 Å². The summed E-state index contributed by atoms with van der Waals surface area (Å²) < 4.78 is 31.1. The summed E-state index contributed by atoms with van der Waals surface area (Å²) in [5, 5.41) is -0.266. The highest BCUT2D eigenvalue weighted by Crippen LogP contribution is 2.29. The van der Waals surface area contributed by atoms with Gasteiger partial charge in [0.1, 0.15) is 0 Å². The number of amides is 1. The Balaban J connectivity index is 1.57. The zero-order chi connectivity index (χ0) is 19.3. The minimum absolute atomic E-state index is 0.0415. The Morgan fingerprint density at radius 3 is 2.30 bits per heavy atom. The van der Waals surface area contributed by atoms with Crippen molar-refractivity contribution in [3.63, 3.8) is 0 Å². The summed E-state index contributed by atoms with van der Waals surface area (Å²) in [5.41, 5.74) is 6.02. The fraction of sp³-hybridized carbons (Fsp3) is 0.650. The van der Waals surface area contributed by atoms with E-state index in [0.29, 0.717) is 36.7 Å². The molecule has 1 aliphatic carbocycles. The molecule has 0 atom stereocenters. The molecule has 0 aromatic heterocycles. The van der Waals surface area contributed by atoms with Gasteiger partial charge in [-0.3, -0.25) is 4.79 Å². The van der Waals surface area contributed by atoms with Gasteiger partial charge in [-0.1, -0.05) is 12.8 Å². The van der Waals surface area contributed by atoms with Gasteiger partial charge in [-0.15, -0.1) is 0 Å². The normalized spacial score (nSPS) is 19.5. The van der Waals surface area contributed by atoms with Gasteiger partial charge in [-0.05, 0) is 62.9 Å². The molecule has 1 saturated heterocycles. The molecule has 1 saturated carbocycles. The van der Waals surface area contributed by atoms with Crippen molar-refractivity contribution >= 4 is 15.7 Å². The van der Waals surface area contributed by atoms with Gasteiger partial charge in [0.25, 0.3) is 5.91 Å². The van der Waals surface area contributed by atoms with Gasteiger partial charge >= 0.3 is 0 Å². The van der Waals surface area contributed by atoms with Gasteiger partial charge in [-0.2, -0.15) is 0 Å². The molecule has 2 aliphatic rings. The molecule has 2 N–H and O–H groups in total. The summed E-state index contributed by atoms with van der Waals surface area (Å²) in [6.45, 7) is 2.62. The summed E-state index contributed by atoms with van der Waals surface area (Å²) >= 11 is 0. The van der Waals surface area contributed by atoms with E-state index in [9.17, 15) is 13.2 Å². The maximum Gasteiger partial charge on any atom is 0.253 e. The number of likely N-dealkylation sites (tertiary alicyclic amines) is 1. The zero-order valence-electron chi connectivity index (χ0n) is 15.8. The van der Waals surface area contributed by atoms with Crippen molar-refractivity contribution in [1.29, 1.82) is 0 Å². The van der Waals surface area contributed by atoms with Crippen molar-refractivity contribution in [3.05, 3.63) is 29.8 Å². The molecule has 1 heterocycles. The molecule has 150 valence electrons. The molecule has 7 heteroatoms. The van der Waals surface area contributed by atoms with E-state index in [0.717, 1.165) is 44.9 Å². The average molecular weight is 395 g/mol. The lowest BCUT2D eigenvalue weighted by Crippen LogP contribution is -2.41. The summed E-state index contributed by atoms with van der Waals surface area (Å²) in [7, 11) is -3.27. The van der Waals surface area contributed by atoms with Crippen LogP contribution in [0.2, 0.25) is 0 Å². The van der Waals surface area contributed by atoms with Crippen LogP contribution in [0, 0.1) is 0 Å². The van der Waals surface area contributed by atoms with Crippen LogP contribution in [0.15, 0.2) is 29.2 Å². The first-order valence-corrected chi connectivity index (χ1v) is 11.5. The first-order chi connectivity index (χ1) is 13.0. The summed E-state index contributed by atoms with van der Waals surface area (Å²) in [4.78, 5) is 14.9. The molecule has 2 fully saturated rings. The third-order valence-corrected chi connectivity index (χ3v) is 7.88. The highest BCUT2D eigenvalue weighted by atomic mass is 32.2. The van der Waals surface area contributed by atoms with Crippen LogP contribution in [0.5, 0.6) is 0 Å². The van der Waals surface area contributed by atoms with Gasteiger partial charge in [0.2, 0.25) is 0 Å². The number of nitrogens with zero attached hydrogens (tertiary/aromatic N) is 1. The maximum absolute atomic E-state index is 12.7. The minimum atomic E-state index is -3.27. The van der Waals surface area contributed by atoms with E-state index in [1.165, 1.54) is 0 Å². The topological polar surface area (TPSA) is 89.7 Å². The average Bonchev–Trinajstić information content (AvgIpc) is 3.24. The minimum Gasteiger partial charge on any atom is -0.378 e. The zero-order valence-corrected chi connectivity index (χ0v) is 16.6. The Kier molecular flexibility index (Phi) is 6.89. The molecule has 27 heavy (non-hydrogen) atoms. The lowest BCUT2D eigenvalue weighted by Gasteiger charge is -2.32. The Bertz CT molecular complexity index is 719. The van der Waals surface area contributed by atoms with Crippen molar-refractivity contribution < 1.29 is 17.9 Å². The van der Waals surface area contributed by atoms with Crippen molar-refractivity contribution in [2.45, 2.75) is 61.2 Å². The van der Waals surface area contributed by atoms with Crippen LogP contribution in [0.25, 0.3) is 0 Å². The summed E-state index contributed by atoms with van der Waals surface area (Å²) in [6, 6.07) is 6.47. The lowest BCUT2D eigenvalue weighted by atomic mass is 10.1. The Morgan fingerprint density at radius 2 is 1.70 bits per heavy atom. The molecule has 0 radical (unpaired) electrons. The second-order valence-corrected chi connectivity index (χ2v) is 9.71. The van der Waals surface area contributed by atoms with E-state index in [2.05, 4.69) is 0 Å². The van der Waals surface area contributed by atoms with Gasteiger partial charge in [0, 0.05) is 25.3 Å². The standard InChI is InChI=1S/C20H30N2O4S/c21-12-3-15-26-17-10-13-22(14-11-17)20(23)16-6-8-19(9-7-16)27(24,25)18-4-1-2-5-18/h6-9,17-18H,1-5,10-15,21H2. The second kappa shape index (κ2) is 9.17. The predicted octanol–water partition coefficient (Wildman–Crippen LogP) is 2.37. The van der Waals surface area contributed by atoms with Crippen LogP contribution in [0.4, 0.5) is 0 Å². The molecule has 0 spiro atoms. The molecule has 0 bridgehead atoms. The molecule has 1 aromatic carbocycles. The highest BCUT2D eigenvalue weighted by molar-refractivity contribution is 7.92. The molecule has 0 unspecified atom stereocenters. The number of hydrogen-bond acceptors (Lipinski definition) is 5. The lowest BCUT2D eigenvalue weighted by molar-refractivity contribution is 0.00844. The van der Waals surface area contributed by atoms with Gasteiger partial charge in [-0.25, -0.2) is 8.42 Å². The number of sulfone groups is 1. The Hall–Kier alpha value is -1.44. The fourth-order valence-electron chi connectivity index (χ4n) is 3.92. The summed E-state index contributed by atoms with van der Waals surface area (Å²) in [5.74, 6) is -0.0415. The highest BCUT2D eigenvalue weighted by Gasteiger charge is 2.30. The van der Waals surface area contributed by atoms with E-state index < -0.39 is 9.84 Å². The number of benzene rings is 1. The van der Waals surface area contributed by atoms with Crippen molar-refractivity contribution in [2.24, 2.45) is 5.73 Å². The number of hydrogen-bond donors (Lipinski definition) is 1. The second-order valence-electron chi connectivity index (χ2n) is 7.48. The van der Waals surface area contributed by atoms with Crippen LogP contribution < -0.4 is 5.73 Å².